The monoisotopic (exact) mass is 263 g/mol. The molecule has 3 heteroatoms. The van der Waals surface area contributed by atoms with Crippen molar-refractivity contribution < 1.29 is 0 Å². The van der Waals surface area contributed by atoms with Crippen molar-refractivity contribution in [2.75, 3.05) is 0 Å². The fraction of sp³-hybridized carbons (Fsp3) is 0.750. The van der Waals surface area contributed by atoms with Crippen molar-refractivity contribution in [3.63, 3.8) is 0 Å². The lowest BCUT2D eigenvalue weighted by Gasteiger charge is -2.09. The highest BCUT2D eigenvalue weighted by atomic mass is 14.9. The van der Waals surface area contributed by atoms with Crippen LogP contribution >= 0.6 is 0 Å². The standard InChI is InChI=1S/C16H29N3/c1-3-4-5-6-7-8-9-10-11-15(17)16-18-12-14(2)13-19-16/h12-13,15H,3-11,17H2,1-2H3. The first kappa shape index (κ1) is 16.1. The van der Waals surface area contributed by atoms with E-state index in [-0.39, 0.29) is 6.04 Å². The third-order valence-corrected chi connectivity index (χ3v) is 3.50. The number of aromatic nitrogens is 2. The molecule has 0 aliphatic rings. The summed E-state index contributed by atoms with van der Waals surface area (Å²) in [5.74, 6) is 0.786. The Morgan fingerprint density at radius 1 is 0.947 bits per heavy atom. The molecule has 1 aromatic rings. The zero-order valence-corrected chi connectivity index (χ0v) is 12.6. The summed E-state index contributed by atoms with van der Waals surface area (Å²) in [5.41, 5.74) is 7.19. The zero-order chi connectivity index (χ0) is 13.9. The Labute approximate surface area is 118 Å². The average molecular weight is 263 g/mol. The highest BCUT2D eigenvalue weighted by molar-refractivity contribution is 5.04. The number of hydrogen-bond donors (Lipinski definition) is 1. The molecular weight excluding hydrogens is 234 g/mol. The molecule has 0 fully saturated rings. The molecule has 1 atom stereocenters. The second-order valence-electron chi connectivity index (χ2n) is 5.49. The summed E-state index contributed by atoms with van der Waals surface area (Å²) in [7, 11) is 0. The fourth-order valence-corrected chi connectivity index (χ4v) is 2.22. The Bertz CT molecular complexity index is 321. The van der Waals surface area contributed by atoms with E-state index in [4.69, 9.17) is 5.73 Å². The van der Waals surface area contributed by atoms with Gasteiger partial charge in [-0.25, -0.2) is 9.97 Å². The first-order valence-corrected chi connectivity index (χ1v) is 7.78. The second-order valence-corrected chi connectivity index (χ2v) is 5.49. The van der Waals surface area contributed by atoms with Crippen LogP contribution in [0.4, 0.5) is 0 Å². The van der Waals surface area contributed by atoms with E-state index in [0.29, 0.717) is 0 Å². The van der Waals surface area contributed by atoms with Gasteiger partial charge in [0, 0.05) is 12.4 Å². The number of nitrogens with zero attached hydrogens (tertiary/aromatic N) is 2. The molecule has 1 aromatic heterocycles. The zero-order valence-electron chi connectivity index (χ0n) is 12.6. The van der Waals surface area contributed by atoms with E-state index in [2.05, 4.69) is 16.9 Å². The topological polar surface area (TPSA) is 51.8 Å². The van der Waals surface area contributed by atoms with Crippen LogP contribution in [-0.2, 0) is 0 Å². The van der Waals surface area contributed by atoms with Crippen molar-refractivity contribution in [3.8, 4) is 0 Å². The number of rotatable bonds is 10. The first-order valence-electron chi connectivity index (χ1n) is 7.78. The van der Waals surface area contributed by atoms with Crippen molar-refractivity contribution in [2.45, 2.75) is 77.7 Å². The van der Waals surface area contributed by atoms with Crippen LogP contribution in [0.15, 0.2) is 12.4 Å². The lowest BCUT2D eigenvalue weighted by molar-refractivity contribution is 0.524. The van der Waals surface area contributed by atoms with E-state index in [9.17, 15) is 0 Å². The van der Waals surface area contributed by atoms with Crippen LogP contribution in [0, 0.1) is 6.92 Å². The van der Waals surface area contributed by atoms with Gasteiger partial charge >= 0.3 is 0 Å². The van der Waals surface area contributed by atoms with E-state index in [1.807, 2.05) is 19.3 Å². The minimum atomic E-state index is 0.000640. The summed E-state index contributed by atoms with van der Waals surface area (Å²) in [5, 5.41) is 0. The molecule has 0 aliphatic carbocycles. The van der Waals surface area contributed by atoms with Crippen LogP contribution in [0.25, 0.3) is 0 Å². The number of nitrogens with two attached hydrogens (primary N) is 1. The average Bonchev–Trinajstić information content (AvgIpc) is 2.42. The van der Waals surface area contributed by atoms with Crippen LogP contribution < -0.4 is 5.73 Å². The third-order valence-electron chi connectivity index (χ3n) is 3.50. The number of unbranched alkanes of at least 4 members (excludes halogenated alkanes) is 7. The highest BCUT2D eigenvalue weighted by Crippen LogP contribution is 2.15. The van der Waals surface area contributed by atoms with Gasteiger partial charge in [0.2, 0.25) is 0 Å². The Morgan fingerprint density at radius 2 is 1.47 bits per heavy atom. The lowest BCUT2D eigenvalue weighted by Crippen LogP contribution is -2.13. The van der Waals surface area contributed by atoms with Gasteiger partial charge in [0.1, 0.15) is 5.82 Å². The number of hydrogen-bond acceptors (Lipinski definition) is 3. The molecule has 0 bridgehead atoms. The first-order chi connectivity index (χ1) is 9.24. The van der Waals surface area contributed by atoms with E-state index < -0.39 is 0 Å². The van der Waals surface area contributed by atoms with E-state index in [1.54, 1.807) is 0 Å². The predicted molar refractivity (Wildman–Crippen MR) is 80.9 cm³/mol. The molecule has 0 spiro atoms. The van der Waals surface area contributed by atoms with Gasteiger partial charge in [-0.05, 0) is 18.9 Å². The van der Waals surface area contributed by atoms with Crippen molar-refractivity contribution in [2.24, 2.45) is 5.73 Å². The Balaban J connectivity index is 2.04. The van der Waals surface area contributed by atoms with Crippen LogP contribution in [-0.4, -0.2) is 9.97 Å². The molecule has 0 saturated heterocycles. The maximum Gasteiger partial charge on any atom is 0.144 e. The van der Waals surface area contributed by atoms with Crippen LogP contribution in [0.5, 0.6) is 0 Å². The van der Waals surface area contributed by atoms with Crippen molar-refractivity contribution in [1.29, 1.82) is 0 Å². The molecule has 3 nitrogen and oxygen atoms in total. The molecule has 0 aliphatic heterocycles. The van der Waals surface area contributed by atoms with E-state index >= 15 is 0 Å². The third kappa shape index (κ3) is 7.26. The summed E-state index contributed by atoms with van der Waals surface area (Å²) in [6.07, 6.45) is 15.4. The molecule has 1 unspecified atom stereocenters. The van der Waals surface area contributed by atoms with Gasteiger partial charge in [0.15, 0.2) is 0 Å². The summed E-state index contributed by atoms with van der Waals surface area (Å²) in [6, 6.07) is 0.000640. The molecule has 108 valence electrons. The quantitative estimate of drug-likeness (QED) is 0.640. The van der Waals surface area contributed by atoms with Crippen molar-refractivity contribution in [1.82, 2.24) is 9.97 Å². The molecule has 1 rings (SSSR count). The summed E-state index contributed by atoms with van der Waals surface area (Å²) in [4.78, 5) is 8.58. The molecule has 0 radical (unpaired) electrons. The van der Waals surface area contributed by atoms with Gasteiger partial charge < -0.3 is 5.73 Å². The van der Waals surface area contributed by atoms with Gasteiger partial charge in [0.05, 0.1) is 6.04 Å². The maximum atomic E-state index is 6.10. The fourth-order valence-electron chi connectivity index (χ4n) is 2.22. The van der Waals surface area contributed by atoms with Crippen LogP contribution in [0.1, 0.15) is 82.1 Å². The van der Waals surface area contributed by atoms with E-state index in [1.165, 1.54) is 51.4 Å². The van der Waals surface area contributed by atoms with Crippen molar-refractivity contribution in [3.05, 3.63) is 23.8 Å². The molecule has 0 amide bonds. The van der Waals surface area contributed by atoms with Crippen molar-refractivity contribution >= 4 is 0 Å². The van der Waals surface area contributed by atoms with Crippen LogP contribution in [0.2, 0.25) is 0 Å². The normalized spacial score (nSPS) is 12.6. The Hall–Kier alpha value is -0.960. The highest BCUT2D eigenvalue weighted by Gasteiger charge is 2.07. The van der Waals surface area contributed by atoms with Gasteiger partial charge in [-0.3, -0.25) is 0 Å². The Kier molecular flexibility index (Phi) is 8.39. The summed E-state index contributed by atoms with van der Waals surface area (Å²) < 4.78 is 0. The molecular formula is C16H29N3. The second kappa shape index (κ2) is 9.90. The molecule has 0 aromatic carbocycles. The SMILES string of the molecule is CCCCCCCCCCC(N)c1ncc(C)cn1. The molecule has 19 heavy (non-hydrogen) atoms. The van der Waals surface area contributed by atoms with E-state index in [0.717, 1.165) is 17.8 Å². The predicted octanol–water partition coefficient (Wildman–Crippen LogP) is 4.32. The number of aryl methyl sites for hydroxylation is 1. The summed E-state index contributed by atoms with van der Waals surface area (Å²) >= 11 is 0. The smallest absolute Gasteiger partial charge is 0.144 e. The molecule has 1 heterocycles. The van der Waals surface area contributed by atoms with Crippen LogP contribution in [0.3, 0.4) is 0 Å². The Morgan fingerprint density at radius 3 is 2.05 bits per heavy atom. The van der Waals surface area contributed by atoms with Gasteiger partial charge in [-0.15, -0.1) is 0 Å². The largest absolute Gasteiger partial charge is 0.321 e. The minimum Gasteiger partial charge on any atom is -0.321 e. The minimum absolute atomic E-state index is 0.000640. The molecule has 0 saturated carbocycles. The van der Waals surface area contributed by atoms with Gasteiger partial charge in [-0.1, -0.05) is 58.3 Å². The van der Waals surface area contributed by atoms with Gasteiger partial charge in [0.25, 0.3) is 0 Å². The summed E-state index contributed by atoms with van der Waals surface area (Å²) in [6.45, 7) is 4.25. The van der Waals surface area contributed by atoms with Gasteiger partial charge in [-0.2, -0.15) is 0 Å². The lowest BCUT2D eigenvalue weighted by atomic mass is 10.0. The molecule has 2 N–H and O–H groups in total. The maximum absolute atomic E-state index is 6.10.